The molecule has 0 spiro atoms. The fourth-order valence-electron chi connectivity index (χ4n) is 4.29. The van der Waals surface area contributed by atoms with E-state index in [1.54, 1.807) is 29.2 Å². The quantitative estimate of drug-likeness (QED) is 0.452. The number of nitrogens with zero attached hydrogens (tertiary/aromatic N) is 3. The number of hydrogen-bond donors (Lipinski definition) is 2. The van der Waals surface area contributed by atoms with Crippen molar-refractivity contribution in [2.75, 3.05) is 23.3 Å². The van der Waals surface area contributed by atoms with Crippen molar-refractivity contribution in [1.82, 2.24) is 14.9 Å². The van der Waals surface area contributed by atoms with Gasteiger partial charge in [-0.15, -0.1) is 0 Å². The summed E-state index contributed by atoms with van der Waals surface area (Å²) >= 11 is 0. The second-order valence-electron chi connectivity index (χ2n) is 8.49. The molecule has 4 aromatic rings. The molecule has 8 nitrogen and oxygen atoms in total. The number of carbonyl (C=O) groups is 3. The van der Waals surface area contributed by atoms with E-state index in [0.717, 1.165) is 34.5 Å². The molecule has 0 saturated carbocycles. The van der Waals surface area contributed by atoms with Crippen molar-refractivity contribution < 1.29 is 14.4 Å². The fourth-order valence-corrected chi connectivity index (χ4v) is 4.29. The SMILES string of the molecule is Cn1c(-c2ccc(NC(=O)CNC(=O)c3ccc(N4CCCC4=O)cc3)cc2)nc2ccccc21. The highest BCUT2D eigenvalue weighted by molar-refractivity contribution is 6.00. The van der Waals surface area contributed by atoms with Crippen LogP contribution in [0.15, 0.2) is 72.8 Å². The topological polar surface area (TPSA) is 96.3 Å². The third-order valence-corrected chi connectivity index (χ3v) is 6.14. The Morgan fingerprint density at radius 3 is 2.40 bits per heavy atom. The Kier molecular flexibility index (Phi) is 6.01. The molecule has 0 radical (unpaired) electrons. The molecule has 0 aliphatic carbocycles. The summed E-state index contributed by atoms with van der Waals surface area (Å²) < 4.78 is 2.04. The number of rotatable bonds is 6. The molecule has 176 valence electrons. The van der Waals surface area contributed by atoms with Crippen LogP contribution in [0.5, 0.6) is 0 Å². The number of anilines is 2. The molecule has 1 aliphatic rings. The van der Waals surface area contributed by atoms with E-state index in [0.29, 0.717) is 24.2 Å². The summed E-state index contributed by atoms with van der Waals surface area (Å²) in [5, 5.41) is 5.43. The second kappa shape index (κ2) is 9.42. The number of hydrogen-bond acceptors (Lipinski definition) is 4. The molecule has 3 amide bonds. The number of aryl methyl sites for hydroxylation is 1. The molecule has 0 atom stereocenters. The lowest BCUT2D eigenvalue weighted by Crippen LogP contribution is -2.32. The highest BCUT2D eigenvalue weighted by Gasteiger charge is 2.21. The maximum atomic E-state index is 12.4. The van der Waals surface area contributed by atoms with Crippen LogP contribution >= 0.6 is 0 Å². The minimum absolute atomic E-state index is 0.0975. The van der Waals surface area contributed by atoms with Gasteiger partial charge >= 0.3 is 0 Å². The molecule has 0 unspecified atom stereocenters. The predicted octanol–water partition coefficient (Wildman–Crippen LogP) is 3.74. The van der Waals surface area contributed by atoms with E-state index in [1.165, 1.54) is 0 Å². The van der Waals surface area contributed by atoms with Crippen molar-refractivity contribution in [2.24, 2.45) is 7.05 Å². The van der Waals surface area contributed by atoms with Gasteiger partial charge in [-0.2, -0.15) is 0 Å². The number of aromatic nitrogens is 2. The first kappa shape index (κ1) is 22.3. The molecule has 35 heavy (non-hydrogen) atoms. The van der Waals surface area contributed by atoms with Gasteiger partial charge in [0.25, 0.3) is 5.91 Å². The first-order chi connectivity index (χ1) is 17.0. The average molecular weight is 468 g/mol. The predicted molar refractivity (Wildman–Crippen MR) is 135 cm³/mol. The molecule has 2 N–H and O–H groups in total. The van der Waals surface area contributed by atoms with Gasteiger partial charge in [-0.3, -0.25) is 14.4 Å². The zero-order chi connectivity index (χ0) is 24.4. The average Bonchev–Trinajstić information content (AvgIpc) is 3.46. The third-order valence-electron chi connectivity index (χ3n) is 6.14. The van der Waals surface area contributed by atoms with Gasteiger partial charge in [0.05, 0.1) is 17.6 Å². The Hall–Kier alpha value is -4.46. The van der Waals surface area contributed by atoms with Gasteiger partial charge in [-0.25, -0.2) is 4.98 Å². The van der Waals surface area contributed by atoms with Crippen LogP contribution in [-0.2, 0) is 16.6 Å². The molecule has 5 rings (SSSR count). The highest BCUT2D eigenvalue weighted by atomic mass is 16.2. The summed E-state index contributed by atoms with van der Waals surface area (Å²) in [7, 11) is 1.97. The number of amides is 3. The smallest absolute Gasteiger partial charge is 0.251 e. The minimum Gasteiger partial charge on any atom is -0.343 e. The molecule has 1 saturated heterocycles. The van der Waals surface area contributed by atoms with E-state index in [-0.39, 0.29) is 24.3 Å². The monoisotopic (exact) mass is 467 g/mol. The second-order valence-corrected chi connectivity index (χ2v) is 8.49. The number of para-hydroxylation sites is 2. The summed E-state index contributed by atoms with van der Waals surface area (Å²) in [6, 6.07) is 22.2. The molecule has 3 aromatic carbocycles. The Morgan fingerprint density at radius 1 is 0.971 bits per heavy atom. The summed E-state index contributed by atoms with van der Waals surface area (Å²) in [6.07, 6.45) is 1.40. The van der Waals surface area contributed by atoms with Crippen molar-refractivity contribution in [2.45, 2.75) is 12.8 Å². The van der Waals surface area contributed by atoms with Crippen molar-refractivity contribution >= 4 is 40.1 Å². The van der Waals surface area contributed by atoms with Crippen LogP contribution in [0.2, 0.25) is 0 Å². The maximum absolute atomic E-state index is 12.4. The van der Waals surface area contributed by atoms with Gasteiger partial charge in [0.2, 0.25) is 11.8 Å². The number of benzene rings is 3. The zero-order valence-electron chi connectivity index (χ0n) is 19.3. The van der Waals surface area contributed by atoms with Gasteiger partial charge in [0.1, 0.15) is 5.82 Å². The van der Waals surface area contributed by atoms with Crippen molar-refractivity contribution in [3.63, 3.8) is 0 Å². The fraction of sp³-hybridized carbons (Fsp3) is 0.185. The Morgan fingerprint density at radius 2 is 1.71 bits per heavy atom. The van der Waals surface area contributed by atoms with Crippen LogP contribution in [0.4, 0.5) is 11.4 Å². The van der Waals surface area contributed by atoms with Crippen molar-refractivity contribution in [1.29, 1.82) is 0 Å². The summed E-state index contributed by atoms with van der Waals surface area (Å²) in [5.74, 6) is 0.265. The molecule has 2 heterocycles. The number of imidazole rings is 1. The number of fused-ring (bicyclic) bond motifs is 1. The molecular weight excluding hydrogens is 442 g/mol. The lowest BCUT2D eigenvalue weighted by atomic mass is 10.2. The standard InChI is InChI=1S/C27H25N5O3/c1-31-23-6-3-2-5-22(23)30-26(31)18-8-12-20(13-9-18)29-24(33)17-28-27(35)19-10-14-21(15-11-19)32-16-4-7-25(32)34/h2-3,5-6,8-15H,4,7,16-17H2,1H3,(H,28,35)(H,29,33). The minimum atomic E-state index is -0.350. The van der Waals surface area contributed by atoms with Gasteiger partial charge in [0, 0.05) is 42.5 Å². The normalized spacial score (nSPS) is 13.3. The summed E-state index contributed by atoms with van der Waals surface area (Å²) in [6.45, 7) is 0.543. The largest absolute Gasteiger partial charge is 0.343 e. The van der Waals surface area contributed by atoms with Crippen LogP contribution in [-0.4, -0.2) is 40.4 Å². The first-order valence-corrected chi connectivity index (χ1v) is 11.5. The van der Waals surface area contributed by atoms with E-state index in [1.807, 2.05) is 60.1 Å². The zero-order valence-corrected chi connectivity index (χ0v) is 19.3. The molecule has 0 bridgehead atoms. The lowest BCUT2D eigenvalue weighted by molar-refractivity contribution is -0.117. The first-order valence-electron chi connectivity index (χ1n) is 11.5. The molecule has 1 aromatic heterocycles. The Bertz CT molecular complexity index is 1410. The van der Waals surface area contributed by atoms with Crippen LogP contribution in [0.3, 0.4) is 0 Å². The summed E-state index contributed by atoms with van der Waals surface area (Å²) in [5.41, 5.74) is 4.76. The van der Waals surface area contributed by atoms with Gasteiger partial charge in [0.15, 0.2) is 0 Å². The van der Waals surface area contributed by atoms with Gasteiger partial charge < -0.3 is 20.1 Å². The Balaban J connectivity index is 1.16. The van der Waals surface area contributed by atoms with Crippen LogP contribution < -0.4 is 15.5 Å². The van der Waals surface area contributed by atoms with Gasteiger partial charge in [-0.1, -0.05) is 12.1 Å². The van der Waals surface area contributed by atoms with E-state index in [2.05, 4.69) is 10.6 Å². The van der Waals surface area contributed by atoms with Crippen LogP contribution in [0, 0.1) is 0 Å². The lowest BCUT2D eigenvalue weighted by Gasteiger charge is -2.15. The number of carbonyl (C=O) groups excluding carboxylic acids is 3. The van der Waals surface area contributed by atoms with Crippen LogP contribution in [0.1, 0.15) is 23.2 Å². The van der Waals surface area contributed by atoms with E-state index in [9.17, 15) is 14.4 Å². The molecule has 1 aliphatic heterocycles. The summed E-state index contributed by atoms with van der Waals surface area (Å²) in [4.78, 5) is 43.0. The maximum Gasteiger partial charge on any atom is 0.251 e. The van der Waals surface area contributed by atoms with Crippen molar-refractivity contribution in [3.05, 3.63) is 78.4 Å². The van der Waals surface area contributed by atoms with E-state index < -0.39 is 0 Å². The molecule has 8 heteroatoms. The highest BCUT2D eigenvalue weighted by Crippen LogP contribution is 2.25. The van der Waals surface area contributed by atoms with E-state index >= 15 is 0 Å². The van der Waals surface area contributed by atoms with Crippen molar-refractivity contribution in [3.8, 4) is 11.4 Å². The van der Waals surface area contributed by atoms with E-state index in [4.69, 9.17) is 4.98 Å². The van der Waals surface area contributed by atoms with Gasteiger partial charge in [-0.05, 0) is 67.1 Å². The third kappa shape index (κ3) is 4.63. The number of nitrogens with one attached hydrogen (secondary N) is 2. The molecular formula is C27H25N5O3. The molecule has 1 fully saturated rings. The van der Waals surface area contributed by atoms with Crippen LogP contribution in [0.25, 0.3) is 22.4 Å². The Labute approximate surface area is 202 Å².